The van der Waals surface area contributed by atoms with E-state index < -0.39 is 0 Å². The van der Waals surface area contributed by atoms with Crippen LogP contribution in [0.5, 0.6) is 0 Å². The van der Waals surface area contributed by atoms with Crippen LogP contribution in [0.25, 0.3) is 6.08 Å². The molecule has 0 atom stereocenters. The average molecular weight is 279 g/mol. The number of rotatable bonds is 4. The molecule has 21 heavy (non-hydrogen) atoms. The number of hydrazone groups is 1. The molecule has 0 unspecified atom stereocenters. The molecule has 0 aliphatic heterocycles. The second kappa shape index (κ2) is 7.14. The van der Waals surface area contributed by atoms with Gasteiger partial charge in [-0.05, 0) is 37.1 Å². The van der Waals surface area contributed by atoms with E-state index in [0.29, 0.717) is 5.56 Å². The first-order valence-corrected chi connectivity index (χ1v) is 6.64. The van der Waals surface area contributed by atoms with Crippen molar-refractivity contribution < 1.29 is 4.79 Å². The van der Waals surface area contributed by atoms with Crippen molar-refractivity contribution >= 4 is 18.2 Å². The number of hydrogen-bond acceptors (Lipinski definition) is 3. The van der Waals surface area contributed by atoms with Gasteiger partial charge in [-0.15, -0.1) is 0 Å². The molecule has 2 rings (SSSR count). The molecule has 4 nitrogen and oxygen atoms in total. The van der Waals surface area contributed by atoms with E-state index in [4.69, 9.17) is 0 Å². The highest BCUT2D eigenvalue weighted by molar-refractivity contribution is 5.94. The molecule has 106 valence electrons. The molecule has 1 amide bonds. The molecule has 1 N–H and O–H groups in total. The largest absolute Gasteiger partial charge is 0.272 e. The van der Waals surface area contributed by atoms with Crippen LogP contribution >= 0.6 is 0 Å². The lowest BCUT2D eigenvalue weighted by atomic mass is 10.1. The quantitative estimate of drug-likeness (QED) is 0.690. The van der Waals surface area contributed by atoms with Gasteiger partial charge in [-0.3, -0.25) is 9.78 Å². The number of carbonyl (C=O) groups excluding carboxylic acids is 1. The Morgan fingerprint density at radius 2 is 1.95 bits per heavy atom. The minimum atomic E-state index is -0.272. The molecular formula is C17H17N3O. The van der Waals surface area contributed by atoms with Crippen molar-refractivity contribution in [2.75, 3.05) is 0 Å². The fourth-order valence-electron chi connectivity index (χ4n) is 1.71. The Labute approximate surface area is 124 Å². The molecular weight excluding hydrogens is 262 g/mol. The number of amides is 1. The van der Waals surface area contributed by atoms with Crippen LogP contribution in [0, 0.1) is 6.92 Å². The second-order valence-electron chi connectivity index (χ2n) is 4.69. The van der Waals surface area contributed by atoms with Crippen LogP contribution in [0.15, 0.2) is 59.3 Å². The van der Waals surface area contributed by atoms with Gasteiger partial charge in [0.15, 0.2) is 0 Å². The van der Waals surface area contributed by atoms with Crippen molar-refractivity contribution in [3.63, 3.8) is 0 Å². The van der Waals surface area contributed by atoms with Crippen molar-refractivity contribution in [3.8, 4) is 0 Å². The third-order valence-electron chi connectivity index (χ3n) is 2.80. The molecule has 0 saturated carbocycles. The van der Waals surface area contributed by atoms with Gasteiger partial charge in [0.05, 0.1) is 11.8 Å². The average Bonchev–Trinajstić information content (AvgIpc) is 2.49. The predicted molar refractivity (Wildman–Crippen MR) is 85.0 cm³/mol. The summed E-state index contributed by atoms with van der Waals surface area (Å²) < 4.78 is 0. The molecule has 0 saturated heterocycles. The van der Waals surface area contributed by atoms with Gasteiger partial charge in [-0.2, -0.15) is 5.10 Å². The van der Waals surface area contributed by atoms with Gasteiger partial charge in [0.25, 0.3) is 5.91 Å². The van der Waals surface area contributed by atoms with E-state index in [1.54, 1.807) is 18.3 Å². The standard InChI is InChI=1S/C17H17N3O/c1-13(10-15-6-4-3-5-7-15)11-19-20-17(21)16-9-8-14(2)18-12-16/h3-12H,1-2H3,(H,20,21)/b13-10-,19-11?. The summed E-state index contributed by atoms with van der Waals surface area (Å²) in [4.78, 5) is 15.9. The normalized spacial score (nSPS) is 11.6. The lowest BCUT2D eigenvalue weighted by molar-refractivity contribution is 0.0955. The van der Waals surface area contributed by atoms with E-state index in [-0.39, 0.29) is 5.91 Å². The molecule has 0 aliphatic carbocycles. The lowest BCUT2D eigenvalue weighted by Crippen LogP contribution is -2.17. The van der Waals surface area contributed by atoms with E-state index in [9.17, 15) is 4.79 Å². The van der Waals surface area contributed by atoms with Crippen molar-refractivity contribution in [2.45, 2.75) is 13.8 Å². The molecule has 0 bridgehead atoms. The van der Waals surface area contributed by atoms with Gasteiger partial charge in [0.1, 0.15) is 0 Å². The third-order valence-corrected chi connectivity index (χ3v) is 2.80. The Kier molecular flexibility index (Phi) is 4.99. The van der Waals surface area contributed by atoms with Gasteiger partial charge in [-0.1, -0.05) is 36.4 Å². The molecule has 0 spiro atoms. The number of pyridine rings is 1. The smallest absolute Gasteiger partial charge is 0.267 e. The maximum absolute atomic E-state index is 11.8. The number of aryl methyl sites for hydroxylation is 1. The number of nitrogens with zero attached hydrogens (tertiary/aromatic N) is 2. The highest BCUT2D eigenvalue weighted by atomic mass is 16.2. The van der Waals surface area contributed by atoms with Crippen molar-refractivity contribution in [3.05, 3.63) is 71.1 Å². The third kappa shape index (κ3) is 4.69. The van der Waals surface area contributed by atoms with Crippen LogP contribution < -0.4 is 5.43 Å². The Morgan fingerprint density at radius 3 is 2.62 bits per heavy atom. The van der Waals surface area contributed by atoms with E-state index in [0.717, 1.165) is 16.8 Å². The zero-order valence-corrected chi connectivity index (χ0v) is 12.1. The molecule has 4 heteroatoms. The fraction of sp³-hybridized carbons (Fsp3) is 0.118. The van der Waals surface area contributed by atoms with E-state index in [2.05, 4.69) is 15.5 Å². The lowest BCUT2D eigenvalue weighted by Gasteiger charge is -2.00. The van der Waals surface area contributed by atoms with Gasteiger partial charge in [0, 0.05) is 11.9 Å². The summed E-state index contributed by atoms with van der Waals surface area (Å²) in [6.45, 7) is 3.80. The van der Waals surface area contributed by atoms with E-state index in [1.807, 2.05) is 50.3 Å². The topological polar surface area (TPSA) is 54.4 Å². The van der Waals surface area contributed by atoms with Crippen LogP contribution in [0.2, 0.25) is 0 Å². The van der Waals surface area contributed by atoms with Crippen LogP contribution in [0.3, 0.4) is 0 Å². The zero-order chi connectivity index (χ0) is 15.1. The Hall–Kier alpha value is -2.75. The minimum absolute atomic E-state index is 0.272. The second-order valence-corrected chi connectivity index (χ2v) is 4.69. The molecule has 2 aromatic rings. The number of carbonyl (C=O) groups is 1. The maximum atomic E-state index is 11.8. The number of hydrogen-bond donors (Lipinski definition) is 1. The predicted octanol–water partition coefficient (Wildman–Crippen LogP) is 3.21. The van der Waals surface area contributed by atoms with Crippen LogP contribution in [-0.2, 0) is 0 Å². The summed E-state index contributed by atoms with van der Waals surface area (Å²) >= 11 is 0. The maximum Gasteiger partial charge on any atom is 0.272 e. The monoisotopic (exact) mass is 279 g/mol. The van der Waals surface area contributed by atoms with Crippen molar-refractivity contribution in [1.82, 2.24) is 10.4 Å². The molecule has 0 radical (unpaired) electrons. The highest BCUT2D eigenvalue weighted by Gasteiger charge is 2.03. The molecule has 1 aromatic carbocycles. The summed E-state index contributed by atoms with van der Waals surface area (Å²) in [5, 5.41) is 3.95. The number of benzene rings is 1. The molecule has 0 aliphatic rings. The van der Waals surface area contributed by atoms with Gasteiger partial charge in [-0.25, -0.2) is 5.43 Å². The number of nitrogens with one attached hydrogen (secondary N) is 1. The summed E-state index contributed by atoms with van der Waals surface area (Å²) in [7, 11) is 0. The van der Waals surface area contributed by atoms with Crippen LogP contribution in [0.4, 0.5) is 0 Å². The Morgan fingerprint density at radius 1 is 1.19 bits per heavy atom. The summed E-state index contributed by atoms with van der Waals surface area (Å²) in [6, 6.07) is 13.4. The van der Waals surface area contributed by atoms with Gasteiger partial charge >= 0.3 is 0 Å². The van der Waals surface area contributed by atoms with E-state index in [1.165, 1.54) is 6.20 Å². The SMILES string of the molecule is C/C(C=NNC(=O)c1ccc(C)nc1)=C/c1ccccc1. The highest BCUT2D eigenvalue weighted by Crippen LogP contribution is 2.04. The first-order valence-electron chi connectivity index (χ1n) is 6.64. The van der Waals surface area contributed by atoms with E-state index >= 15 is 0 Å². The van der Waals surface area contributed by atoms with Gasteiger partial charge in [0.2, 0.25) is 0 Å². The zero-order valence-electron chi connectivity index (χ0n) is 12.1. The van der Waals surface area contributed by atoms with Crippen LogP contribution in [-0.4, -0.2) is 17.1 Å². The minimum Gasteiger partial charge on any atom is -0.267 e. The number of allylic oxidation sites excluding steroid dienone is 1. The van der Waals surface area contributed by atoms with Gasteiger partial charge < -0.3 is 0 Å². The molecule has 1 heterocycles. The first-order chi connectivity index (χ1) is 10.1. The van der Waals surface area contributed by atoms with Crippen LogP contribution in [0.1, 0.15) is 28.5 Å². The first kappa shape index (κ1) is 14.7. The fourth-order valence-corrected chi connectivity index (χ4v) is 1.71. The summed E-state index contributed by atoms with van der Waals surface area (Å²) in [5.74, 6) is -0.272. The number of aromatic nitrogens is 1. The van der Waals surface area contributed by atoms with Crippen molar-refractivity contribution in [1.29, 1.82) is 0 Å². The Bertz CT molecular complexity index is 658. The summed E-state index contributed by atoms with van der Waals surface area (Å²) in [5.41, 5.74) is 5.89. The molecule has 1 aromatic heterocycles. The van der Waals surface area contributed by atoms with Crippen molar-refractivity contribution in [2.24, 2.45) is 5.10 Å². The summed E-state index contributed by atoms with van der Waals surface area (Å²) in [6.07, 6.45) is 5.14. The Balaban J connectivity index is 1.94. The molecule has 0 fully saturated rings.